The van der Waals surface area contributed by atoms with Crippen LogP contribution in [-0.4, -0.2) is 60.8 Å². The third-order valence-corrected chi connectivity index (χ3v) is 4.62. The monoisotopic (exact) mass is 322 g/mol. The molecule has 0 saturated carbocycles. The maximum absolute atomic E-state index is 12.0. The Morgan fingerprint density at radius 3 is 2.73 bits per heavy atom. The first-order valence-electron chi connectivity index (χ1n) is 7.41. The van der Waals surface area contributed by atoms with Gasteiger partial charge >= 0.3 is 6.09 Å². The van der Waals surface area contributed by atoms with Crippen LogP contribution in [0.25, 0.3) is 0 Å². The van der Waals surface area contributed by atoms with Crippen LogP contribution >= 0.6 is 11.8 Å². The quantitative estimate of drug-likeness (QED) is 0.571. The largest absolute Gasteiger partial charge is 0.448 e. The van der Waals surface area contributed by atoms with E-state index in [1.54, 1.807) is 23.7 Å². The Balaban J connectivity index is 1.64. The van der Waals surface area contributed by atoms with Crippen LogP contribution in [0.15, 0.2) is 29.2 Å². The van der Waals surface area contributed by atoms with Crippen LogP contribution < -0.4 is 0 Å². The first-order valence-corrected chi connectivity index (χ1v) is 8.40. The molecule has 1 aliphatic rings. The van der Waals surface area contributed by atoms with Crippen LogP contribution in [0.3, 0.4) is 0 Å². The number of benzene rings is 1. The molecule has 0 atom stereocenters. The van der Waals surface area contributed by atoms with Crippen molar-refractivity contribution in [2.24, 2.45) is 0 Å². The molecule has 1 saturated heterocycles. The van der Waals surface area contributed by atoms with Crippen molar-refractivity contribution in [2.75, 3.05) is 39.0 Å². The van der Waals surface area contributed by atoms with E-state index in [2.05, 4.69) is 31.2 Å². The molecule has 0 aliphatic carbocycles. The Hall–Kier alpha value is -1.69. The summed E-state index contributed by atoms with van der Waals surface area (Å²) in [6.07, 6.45) is 0.530. The molecule has 0 aromatic heterocycles. The second-order valence-electron chi connectivity index (χ2n) is 5.37. The molecule has 0 spiro atoms. The van der Waals surface area contributed by atoms with Gasteiger partial charge in [-0.05, 0) is 31.2 Å². The number of amides is 2. The lowest BCUT2D eigenvalue weighted by Gasteiger charge is -2.20. The van der Waals surface area contributed by atoms with Gasteiger partial charge in [-0.25, -0.2) is 4.79 Å². The molecule has 1 heterocycles. The number of thioether (sulfide) groups is 1. The van der Waals surface area contributed by atoms with E-state index >= 15 is 0 Å². The number of likely N-dealkylation sites (N-methyl/N-ethyl adjacent to an activating group) is 1. The fraction of sp³-hybridized carbons (Fsp3) is 0.500. The normalized spacial score (nSPS) is 14.1. The van der Waals surface area contributed by atoms with Crippen molar-refractivity contribution in [3.05, 3.63) is 29.8 Å². The zero-order chi connectivity index (χ0) is 15.9. The highest BCUT2D eigenvalue weighted by molar-refractivity contribution is 7.99. The molecule has 6 heteroatoms. The molecule has 5 nitrogen and oxygen atoms in total. The molecule has 0 unspecified atom stereocenters. The maximum Gasteiger partial charge on any atom is 0.410 e. The number of cyclic esters (lactones) is 1. The maximum atomic E-state index is 12.0. The van der Waals surface area contributed by atoms with Gasteiger partial charge in [0.15, 0.2) is 0 Å². The third kappa shape index (κ3) is 4.94. The van der Waals surface area contributed by atoms with Gasteiger partial charge in [0.05, 0.1) is 6.54 Å². The summed E-state index contributed by atoms with van der Waals surface area (Å²) in [5.41, 5.74) is 1.26. The lowest BCUT2D eigenvalue weighted by Crippen LogP contribution is -2.39. The second kappa shape index (κ2) is 8.08. The molecule has 1 aliphatic heterocycles. The van der Waals surface area contributed by atoms with Crippen molar-refractivity contribution in [3.63, 3.8) is 0 Å². The Kier molecular flexibility index (Phi) is 6.12. The van der Waals surface area contributed by atoms with Crippen LogP contribution in [0.5, 0.6) is 0 Å². The molecule has 1 fully saturated rings. The number of carbonyl (C=O) groups excluding carboxylic acids is 2. The summed E-state index contributed by atoms with van der Waals surface area (Å²) in [6, 6.07) is 8.45. The molecular weight excluding hydrogens is 300 g/mol. The van der Waals surface area contributed by atoms with Crippen LogP contribution in [0.4, 0.5) is 4.79 Å². The highest BCUT2D eigenvalue weighted by Crippen LogP contribution is 2.19. The standard InChI is InChI=1S/C16H22N2O3S/c1-13-4-6-14(7-5-13)22-11-3-8-17(2)15(19)12-18-9-10-21-16(18)20/h4-7H,3,8-12H2,1-2H3. The minimum atomic E-state index is -0.392. The predicted molar refractivity (Wildman–Crippen MR) is 87.1 cm³/mol. The van der Waals surface area contributed by atoms with Gasteiger partial charge < -0.3 is 9.64 Å². The molecule has 2 amide bonds. The SMILES string of the molecule is Cc1ccc(SCCCN(C)C(=O)CN2CCOC2=O)cc1. The molecule has 2 rings (SSSR count). The third-order valence-electron chi connectivity index (χ3n) is 3.52. The van der Waals surface area contributed by atoms with E-state index in [1.165, 1.54) is 15.4 Å². The van der Waals surface area contributed by atoms with E-state index in [4.69, 9.17) is 4.74 Å². The summed E-state index contributed by atoms with van der Waals surface area (Å²) in [5, 5.41) is 0. The van der Waals surface area contributed by atoms with Gasteiger partial charge in [0.1, 0.15) is 13.2 Å². The van der Waals surface area contributed by atoms with Gasteiger partial charge in [-0.15, -0.1) is 11.8 Å². The Morgan fingerprint density at radius 2 is 2.09 bits per heavy atom. The Bertz CT molecular complexity index is 519. The summed E-state index contributed by atoms with van der Waals surface area (Å²) in [7, 11) is 1.78. The molecule has 1 aromatic rings. The van der Waals surface area contributed by atoms with Gasteiger partial charge in [-0.3, -0.25) is 9.69 Å². The zero-order valence-electron chi connectivity index (χ0n) is 13.1. The van der Waals surface area contributed by atoms with E-state index in [0.717, 1.165) is 12.2 Å². The summed E-state index contributed by atoms with van der Waals surface area (Å²) >= 11 is 1.79. The Morgan fingerprint density at radius 1 is 1.36 bits per heavy atom. The fourth-order valence-electron chi connectivity index (χ4n) is 2.10. The summed E-state index contributed by atoms with van der Waals surface area (Å²) in [6.45, 7) is 3.76. The summed E-state index contributed by atoms with van der Waals surface area (Å²) in [4.78, 5) is 27.7. The number of aryl methyl sites for hydroxylation is 1. The lowest BCUT2D eigenvalue weighted by atomic mass is 10.2. The molecule has 22 heavy (non-hydrogen) atoms. The van der Waals surface area contributed by atoms with E-state index < -0.39 is 6.09 Å². The first kappa shape index (κ1) is 16.7. The molecule has 120 valence electrons. The van der Waals surface area contributed by atoms with Crippen LogP contribution in [0.1, 0.15) is 12.0 Å². The average molecular weight is 322 g/mol. The Labute approximate surface area is 135 Å². The number of hydrogen-bond donors (Lipinski definition) is 0. The van der Waals surface area contributed by atoms with Gasteiger partial charge in [-0.1, -0.05) is 17.7 Å². The molecule has 0 N–H and O–H groups in total. The minimum Gasteiger partial charge on any atom is -0.448 e. The van der Waals surface area contributed by atoms with Crippen LogP contribution in [0.2, 0.25) is 0 Å². The summed E-state index contributed by atoms with van der Waals surface area (Å²) < 4.78 is 4.81. The minimum absolute atomic E-state index is 0.0424. The van der Waals surface area contributed by atoms with Crippen molar-refractivity contribution < 1.29 is 14.3 Å². The number of hydrogen-bond acceptors (Lipinski definition) is 4. The van der Waals surface area contributed by atoms with Gasteiger partial charge in [0.25, 0.3) is 0 Å². The number of ether oxygens (including phenoxy) is 1. The van der Waals surface area contributed by atoms with E-state index in [-0.39, 0.29) is 12.5 Å². The predicted octanol–water partition coefficient (Wildman–Crippen LogP) is 2.39. The van der Waals surface area contributed by atoms with Crippen LogP contribution in [0, 0.1) is 6.92 Å². The number of nitrogens with zero attached hydrogens (tertiary/aromatic N) is 2. The van der Waals surface area contributed by atoms with Gasteiger partial charge in [-0.2, -0.15) is 0 Å². The summed E-state index contributed by atoms with van der Waals surface area (Å²) in [5.74, 6) is 0.922. The molecule has 0 bridgehead atoms. The highest BCUT2D eigenvalue weighted by Gasteiger charge is 2.25. The highest BCUT2D eigenvalue weighted by atomic mass is 32.2. The second-order valence-corrected chi connectivity index (χ2v) is 6.53. The van der Waals surface area contributed by atoms with E-state index in [1.807, 2.05) is 0 Å². The van der Waals surface area contributed by atoms with Crippen molar-refractivity contribution in [1.82, 2.24) is 9.80 Å². The van der Waals surface area contributed by atoms with E-state index in [9.17, 15) is 9.59 Å². The zero-order valence-corrected chi connectivity index (χ0v) is 13.9. The van der Waals surface area contributed by atoms with Gasteiger partial charge in [0, 0.05) is 18.5 Å². The molecule has 1 aromatic carbocycles. The van der Waals surface area contributed by atoms with Crippen molar-refractivity contribution in [1.29, 1.82) is 0 Å². The molecular formula is C16H22N2O3S. The smallest absolute Gasteiger partial charge is 0.410 e. The van der Waals surface area contributed by atoms with Crippen molar-refractivity contribution >= 4 is 23.8 Å². The molecule has 0 radical (unpaired) electrons. The first-order chi connectivity index (χ1) is 10.6. The topological polar surface area (TPSA) is 49.9 Å². The van der Waals surface area contributed by atoms with Crippen molar-refractivity contribution in [2.45, 2.75) is 18.2 Å². The average Bonchev–Trinajstić information content (AvgIpc) is 2.90. The lowest BCUT2D eigenvalue weighted by molar-refractivity contribution is -0.130. The van der Waals surface area contributed by atoms with Crippen molar-refractivity contribution in [3.8, 4) is 0 Å². The fourth-order valence-corrected chi connectivity index (χ4v) is 2.94. The van der Waals surface area contributed by atoms with Gasteiger partial charge in [0.2, 0.25) is 5.91 Å². The van der Waals surface area contributed by atoms with Crippen LogP contribution in [-0.2, 0) is 9.53 Å². The number of rotatable bonds is 7. The number of carbonyl (C=O) groups is 2. The van der Waals surface area contributed by atoms with E-state index in [0.29, 0.717) is 19.7 Å².